The van der Waals surface area contributed by atoms with E-state index in [2.05, 4.69) is 50.4 Å². The van der Waals surface area contributed by atoms with Crippen molar-refractivity contribution in [3.8, 4) is 0 Å². The molecule has 108 valence electrons. The van der Waals surface area contributed by atoms with Gasteiger partial charge in [-0.1, -0.05) is 36.8 Å². The number of methoxy groups -OCH3 is 1. The lowest BCUT2D eigenvalue weighted by atomic mass is 9.88. The maximum Gasteiger partial charge on any atom is 0.323 e. The van der Waals surface area contributed by atoms with Gasteiger partial charge in [0.1, 0.15) is 6.04 Å². The quantitative estimate of drug-likeness (QED) is 0.786. The standard InChI is InChI=1S/C17H23NO2/c1-11-5-7-12(2)14(8-6-11)15-9-16(17(19)20-4)18-10-13(15)3/h5-8,11,16,18H,9-10H2,1-4H3. The molecule has 0 bridgehead atoms. The fraction of sp³-hybridized carbons (Fsp3) is 0.471. The van der Waals surface area contributed by atoms with Crippen LogP contribution in [0.5, 0.6) is 0 Å². The van der Waals surface area contributed by atoms with E-state index in [1.165, 1.54) is 29.4 Å². The summed E-state index contributed by atoms with van der Waals surface area (Å²) in [6.45, 7) is 7.16. The average molecular weight is 273 g/mol. The highest BCUT2D eigenvalue weighted by Gasteiger charge is 2.26. The van der Waals surface area contributed by atoms with Crippen molar-refractivity contribution in [1.82, 2.24) is 5.32 Å². The fourth-order valence-electron chi connectivity index (χ4n) is 2.65. The fourth-order valence-corrected chi connectivity index (χ4v) is 2.65. The van der Waals surface area contributed by atoms with Crippen molar-refractivity contribution in [2.45, 2.75) is 33.2 Å². The van der Waals surface area contributed by atoms with Gasteiger partial charge >= 0.3 is 5.97 Å². The lowest BCUT2D eigenvalue weighted by Gasteiger charge is -2.27. The molecule has 0 fully saturated rings. The SMILES string of the molecule is COC(=O)C1CC(C2=C(C)C=CC(C)C=C2)=C(C)CN1. The Kier molecular flexibility index (Phi) is 4.61. The molecule has 0 radical (unpaired) electrons. The van der Waals surface area contributed by atoms with E-state index >= 15 is 0 Å². The van der Waals surface area contributed by atoms with E-state index in [-0.39, 0.29) is 12.0 Å². The second kappa shape index (κ2) is 6.23. The van der Waals surface area contributed by atoms with Crippen molar-refractivity contribution in [3.63, 3.8) is 0 Å². The second-order valence-corrected chi connectivity index (χ2v) is 5.59. The van der Waals surface area contributed by atoms with E-state index in [0.29, 0.717) is 12.3 Å². The van der Waals surface area contributed by atoms with E-state index < -0.39 is 0 Å². The number of carbonyl (C=O) groups is 1. The molecule has 0 saturated carbocycles. The topological polar surface area (TPSA) is 38.3 Å². The maximum absolute atomic E-state index is 11.7. The van der Waals surface area contributed by atoms with Crippen LogP contribution >= 0.6 is 0 Å². The number of esters is 1. The molecule has 2 atom stereocenters. The molecule has 3 heteroatoms. The zero-order valence-corrected chi connectivity index (χ0v) is 12.7. The van der Waals surface area contributed by atoms with Crippen molar-refractivity contribution < 1.29 is 9.53 Å². The van der Waals surface area contributed by atoms with Gasteiger partial charge in [0.15, 0.2) is 0 Å². The van der Waals surface area contributed by atoms with Crippen LogP contribution in [0.15, 0.2) is 46.6 Å². The molecule has 2 rings (SSSR count). The molecule has 2 aliphatic rings. The normalized spacial score (nSPS) is 26.8. The summed E-state index contributed by atoms with van der Waals surface area (Å²) >= 11 is 0. The van der Waals surface area contributed by atoms with E-state index in [0.717, 1.165) is 6.54 Å². The Morgan fingerprint density at radius 1 is 1.30 bits per heavy atom. The van der Waals surface area contributed by atoms with Crippen molar-refractivity contribution >= 4 is 5.97 Å². The molecule has 0 saturated heterocycles. The number of nitrogens with one attached hydrogen (secondary N) is 1. The first-order chi connectivity index (χ1) is 9.52. The van der Waals surface area contributed by atoms with E-state index in [1.807, 2.05) is 0 Å². The number of hydrogen-bond donors (Lipinski definition) is 1. The predicted molar refractivity (Wildman–Crippen MR) is 81.3 cm³/mol. The molecule has 0 aromatic heterocycles. The smallest absolute Gasteiger partial charge is 0.323 e. The van der Waals surface area contributed by atoms with Crippen LogP contribution in [0.3, 0.4) is 0 Å². The minimum atomic E-state index is -0.239. The first kappa shape index (κ1) is 14.8. The number of allylic oxidation sites excluding steroid dienone is 6. The molecular formula is C17H23NO2. The van der Waals surface area contributed by atoms with Crippen molar-refractivity contribution in [1.29, 1.82) is 0 Å². The molecule has 20 heavy (non-hydrogen) atoms. The zero-order chi connectivity index (χ0) is 14.7. The molecule has 0 spiro atoms. The van der Waals surface area contributed by atoms with Crippen LogP contribution in [0.1, 0.15) is 27.2 Å². The maximum atomic E-state index is 11.7. The largest absolute Gasteiger partial charge is 0.468 e. The second-order valence-electron chi connectivity index (χ2n) is 5.59. The Hall–Kier alpha value is -1.61. The molecule has 2 unspecified atom stereocenters. The van der Waals surface area contributed by atoms with E-state index in [4.69, 9.17) is 4.74 Å². The van der Waals surface area contributed by atoms with Crippen molar-refractivity contribution in [2.24, 2.45) is 5.92 Å². The highest BCUT2D eigenvalue weighted by Crippen LogP contribution is 2.30. The number of ether oxygens (including phenoxy) is 1. The van der Waals surface area contributed by atoms with Crippen LogP contribution in [-0.2, 0) is 9.53 Å². The van der Waals surface area contributed by atoms with Gasteiger partial charge in [-0.05, 0) is 42.9 Å². The number of rotatable bonds is 2. The number of carbonyl (C=O) groups excluding carboxylic acids is 1. The van der Waals surface area contributed by atoms with Crippen LogP contribution in [0.25, 0.3) is 0 Å². The Morgan fingerprint density at radius 2 is 2.00 bits per heavy atom. The minimum Gasteiger partial charge on any atom is -0.468 e. The first-order valence-corrected chi connectivity index (χ1v) is 7.10. The molecule has 1 aliphatic carbocycles. The molecule has 0 amide bonds. The Labute approximate surface area is 121 Å². The van der Waals surface area contributed by atoms with Crippen molar-refractivity contribution in [2.75, 3.05) is 13.7 Å². The number of hydrogen-bond acceptors (Lipinski definition) is 3. The van der Waals surface area contributed by atoms with Crippen LogP contribution in [0, 0.1) is 5.92 Å². The zero-order valence-electron chi connectivity index (χ0n) is 12.7. The summed E-state index contributed by atoms with van der Waals surface area (Å²) in [5, 5.41) is 3.23. The molecule has 1 aliphatic heterocycles. The van der Waals surface area contributed by atoms with Gasteiger partial charge in [0.05, 0.1) is 7.11 Å². The van der Waals surface area contributed by atoms with E-state index in [9.17, 15) is 4.79 Å². The van der Waals surface area contributed by atoms with Gasteiger partial charge in [0.2, 0.25) is 0 Å². The van der Waals surface area contributed by atoms with Crippen LogP contribution in [0.4, 0.5) is 0 Å². The Morgan fingerprint density at radius 3 is 2.70 bits per heavy atom. The van der Waals surface area contributed by atoms with Crippen LogP contribution < -0.4 is 5.32 Å². The molecular weight excluding hydrogens is 250 g/mol. The third kappa shape index (κ3) is 3.10. The summed E-state index contributed by atoms with van der Waals surface area (Å²) in [6.07, 6.45) is 9.47. The summed E-state index contributed by atoms with van der Waals surface area (Å²) in [4.78, 5) is 11.7. The van der Waals surface area contributed by atoms with Gasteiger partial charge in [-0.15, -0.1) is 0 Å². The molecule has 0 aromatic carbocycles. The highest BCUT2D eigenvalue weighted by atomic mass is 16.5. The summed E-state index contributed by atoms with van der Waals surface area (Å²) in [6, 6.07) is -0.239. The monoisotopic (exact) mass is 273 g/mol. The summed E-state index contributed by atoms with van der Waals surface area (Å²) < 4.78 is 4.86. The van der Waals surface area contributed by atoms with Gasteiger partial charge < -0.3 is 10.1 Å². The van der Waals surface area contributed by atoms with Crippen molar-refractivity contribution in [3.05, 3.63) is 46.6 Å². The third-order valence-electron chi connectivity index (χ3n) is 3.99. The lowest BCUT2D eigenvalue weighted by molar-refractivity contribution is -0.143. The van der Waals surface area contributed by atoms with E-state index in [1.54, 1.807) is 0 Å². The highest BCUT2D eigenvalue weighted by molar-refractivity contribution is 5.77. The molecule has 0 aromatic rings. The Balaban J connectivity index is 2.33. The molecule has 3 nitrogen and oxygen atoms in total. The Bertz CT molecular complexity index is 523. The van der Waals surface area contributed by atoms with Crippen LogP contribution in [-0.4, -0.2) is 25.7 Å². The van der Waals surface area contributed by atoms with Gasteiger partial charge in [-0.25, -0.2) is 0 Å². The summed E-state index contributed by atoms with van der Waals surface area (Å²) in [5.41, 5.74) is 5.07. The molecule has 1 heterocycles. The summed E-state index contributed by atoms with van der Waals surface area (Å²) in [5.74, 6) is 0.260. The molecule has 1 N–H and O–H groups in total. The first-order valence-electron chi connectivity index (χ1n) is 7.10. The minimum absolute atomic E-state index is 0.185. The predicted octanol–water partition coefficient (Wildman–Crippen LogP) is 2.92. The third-order valence-corrected chi connectivity index (χ3v) is 3.99. The van der Waals surface area contributed by atoms with Gasteiger partial charge in [0.25, 0.3) is 0 Å². The van der Waals surface area contributed by atoms with Crippen LogP contribution in [0.2, 0.25) is 0 Å². The van der Waals surface area contributed by atoms with Gasteiger partial charge in [0, 0.05) is 6.54 Å². The van der Waals surface area contributed by atoms with Gasteiger partial charge in [-0.3, -0.25) is 4.79 Å². The average Bonchev–Trinajstić information content (AvgIpc) is 2.61. The van der Waals surface area contributed by atoms with Gasteiger partial charge in [-0.2, -0.15) is 0 Å². The summed E-state index contributed by atoms with van der Waals surface area (Å²) in [7, 11) is 1.44. The lowest BCUT2D eigenvalue weighted by Crippen LogP contribution is -2.42.